The highest BCUT2D eigenvalue weighted by atomic mass is 16.6. The van der Waals surface area contributed by atoms with Crippen LogP contribution in [0, 0.1) is 0 Å². The molecule has 0 bridgehead atoms. The molecular weight excluding hydrogens is 645 g/mol. The lowest BCUT2D eigenvalue weighted by Crippen LogP contribution is -2.25. The van der Waals surface area contributed by atoms with E-state index in [4.69, 9.17) is 9.47 Å². The first-order chi connectivity index (χ1) is 25.6. The smallest absolute Gasteiger partial charge is 0.305 e. The fraction of sp³-hybridized carbons (Fsp3) is 0.787. The van der Waals surface area contributed by atoms with Crippen molar-refractivity contribution in [2.45, 2.75) is 225 Å². The molecule has 1 atom stereocenters. The number of esters is 2. The number of aliphatic hydroxyl groups is 1. The average Bonchev–Trinajstić information content (AvgIpc) is 3.15. The van der Waals surface area contributed by atoms with Crippen LogP contribution in [0.25, 0.3) is 0 Å². The maximum Gasteiger partial charge on any atom is 0.305 e. The predicted octanol–water partition coefficient (Wildman–Crippen LogP) is 14.2. The summed E-state index contributed by atoms with van der Waals surface area (Å²) in [4.78, 5) is 24.0. The topological polar surface area (TPSA) is 72.8 Å². The number of allylic oxidation sites excluding steroid dienone is 8. The minimum absolute atomic E-state index is 0.123. The minimum Gasteiger partial charge on any atom is -0.463 e. The Labute approximate surface area is 322 Å². The molecule has 0 rings (SSSR count). The van der Waals surface area contributed by atoms with Crippen molar-refractivity contribution in [3.63, 3.8) is 0 Å². The van der Waals surface area contributed by atoms with Gasteiger partial charge in [0.05, 0.1) is 0 Å². The molecule has 0 aliphatic carbocycles. The predicted molar refractivity (Wildman–Crippen MR) is 224 cm³/mol. The molecule has 0 radical (unpaired) electrons. The molecule has 0 aromatic rings. The van der Waals surface area contributed by atoms with Gasteiger partial charge in [-0.15, -0.1) is 0 Å². The monoisotopic (exact) mass is 729 g/mol. The second-order valence-corrected chi connectivity index (χ2v) is 14.8. The van der Waals surface area contributed by atoms with E-state index in [1.165, 1.54) is 128 Å². The summed E-state index contributed by atoms with van der Waals surface area (Å²) >= 11 is 0. The first-order valence-electron chi connectivity index (χ1n) is 22.2. The van der Waals surface area contributed by atoms with E-state index < -0.39 is 6.10 Å². The average molecular weight is 729 g/mol. The fourth-order valence-electron chi connectivity index (χ4n) is 6.15. The highest BCUT2D eigenvalue weighted by Crippen LogP contribution is 2.14. The molecule has 0 fully saturated rings. The maximum absolute atomic E-state index is 12.0. The van der Waals surface area contributed by atoms with E-state index >= 15 is 0 Å². The van der Waals surface area contributed by atoms with Gasteiger partial charge < -0.3 is 14.6 Å². The minimum atomic E-state index is -0.974. The number of rotatable bonds is 40. The molecule has 0 unspecified atom stereocenters. The Bertz CT molecular complexity index is 873. The van der Waals surface area contributed by atoms with Gasteiger partial charge in [0.2, 0.25) is 0 Å². The Morgan fingerprint density at radius 2 is 0.673 bits per heavy atom. The Balaban J connectivity index is 3.45. The maximum atomic E-state index is 12.0. The summed E-state index contributed by atoms with van der Waals surface area (Å²) in [5.41, 5.74) is 0. The quantitative estimate of drug-likeness (QED) is 0.0386. The lowest BCUT2D eigenvalue weighted by Gasteiger charge is -2.12. The molecule has 302 valence electrons. The van der Waals surface area contributed by atoms with Gasteiger partial charge in [-0.05, 0) is 77.0 Å². The number of hydrogen-bond acceptors (Lipinski definition) is 5. The van der Waals surface area contributed by atoms with Gasteiger partial charge in [0.1, 0.15) is 19.3 Å². The third-order valence-electron chi connectivity index (χ3n) is 9.54. The largest absolute Gasteiger partial charge is 0.463 e. The van der Waals surface area contributed by atoms with Gasteiger partial charge in [-0.25, -0.2) is 0 Å². The first-order valence-corrected chi connectivity index (χ1v) is 22.2. The van der Waals surface area contributed by atoms with Crippen molar-refractivity contribution in [3.05, 3.63) is 48.6 Å². The summed E-state index contributed by atoms with van der Waals surface area (Å²) in [6.45, 7) is 4.26. The van der Waals surface area contributed by atoms with E-state index in [0.717, 1.165) is 64.2 Å². The van der Waals surface area contributed by atoms with Crippen LogP contribution in [0.2, 0.25) is 0 Å². The van der Waals surface area contributed by atoms with E-state index in [9.17, 15) is 14.7 Å². The summed E-state index contributed by atoms with van der Waals surface area (Å²) in [5.74, 6) is -0.587. The SMILES string of the molecule is CCCCC/C=C\C/C=C\C/C=C\CCCCCCC(=O)OC[C@H](O)COC(=O)CCCCCCCCCCCCC/C=C\CCCCCCCC. The van der Waals surface area contributed by atoms with Gasteiger partial charge in [0, 0.05) is 12.8 Å². The number of unbranched alkanes of at least 4 members (excludes halogenated alkanes) is 24. The molecule has 0 aliphatic rings. The summed E-state index contributed by atoms with van der Waals surface area (Å²) in [6.07, 6.45) is 54.6. The van der Waals surface area contributed by atoms with Crippen molar-refractivity contribution in [1.29, 1.82) is 0 Å². The highest BCUT2D eigenvalue weighted by Gasteiger charge is 2.12. The van der Waals surface area contributed by atoms with Crippen molar-refractivity contribution in [1.82, 2.24) is 0 Å². The number of ether oxygens (including phenoxy) is 2. The van der Waals surface area contributed by atoms with E-state index in [0.29, 0.717) is 12.8 Å². The van der Waals surface area contributed by atoms with Gasteiger partial charge in [-0.3, -0.25) is 9.59 Å². The third kappa shape index (κ3) is 42.3. The Hall–Kier alpha value is -2.14. The summed E-state index contributed by atoms with van der Waals surface area (Å²) < 4.78 is 10.4. The van der Waals surface area contributed by atoms with Crippen LogP contribution in [-0.2, 0) is 19.1 Å². The molecule has 52 heavy (non-hydrogen) atoms. The molecule has 5 heteroatoms. The number of carbonyl (C=O) groups excluding carboxylic acids is 2. The van der Waals surface area contributed by atoms with Crippen LogP contribution in [0.1, 0.15) is 219 Å². The third-order valence-corrected chi connectivity index (χ3v) is 9.54. The molecule has 5 nitrogen and oxygen atoms in total. The zero-order valence-corrected chi connectivity index (χ0v) is 34.3. The summed E-state index contributed by atoms with van der Waals surface area (Å²) in [5, 5.41) is 10.0. The number of hydrogen-bond donors (Lipinski definition) is 1. The lowest BCUT2D eigenvalue weighted by atomic mass is 10.0. The number of aliphatic hydroxyl groups excluding tert-OH is 1. The number of carbonyl (C=O) groups is 2. The molecule has 0 saturated carbocycles. The second kappa shape index (κ2) is 43.3. The van der Waals surface area contributed by atoms with E-state index in [-0.39, 0.29) is 25.2 Å². The second-order valence-electron chi connectivity index (χ2n) is 14.8. The molecule has 0 saturated heterocycles. The highest BCUT2D eigenvalue weighted by molar-refractivity contribution is 5.69. The van der Waals surface area contributed by atoms with Gasteiger partial charge in [-0.2, -0.15) is 0 Å². The Morgan fingerprint density at radius 3 is 1.06 bits per heavy atom. The van der Waals surface area contributed by atoms with Gasteiger partial charge in [0.25, 0.3) is 0 Å². The van der Waals surface area contributed by atoms with Crippen LogP contribution >= 0.6 is 0 Å². The van der Waals surface area contributed by atoms with Gasteiger partial charge in [-0.1, -0.05) is 178 Å². The lowest BCUT2D eigenvalue weighted by molar-refractivity contribution is -0.152. The Morgan fingerprint density at radius 1 is 0.404 bits per heavy atom. The van der Waals surface area contributed by atoms with Crippen LogP contribution in [-0.4, -0.2) is 36.4 Å². The normalized spacial score (nSPS) is 12.6. The van der Waals surface area contributed by atoms with Crippen LogP contribution < -0.4 is 0 Å². The zero-order chi connectivity index (χ0) is 37.8. The molecule has 0 heterocycles. The first kappa shape index (κ1) is 49.9. The molecule has 0 aromatic heterocycles. The molecule has 0 aromatic carbocycles. The van der Waals surface area contributed by atoms with Gasteiger partial charge >= 0.3 is 11.9 Å². The van der Waals surface area contributed by atoms with E-state index in [2.05, 4.69) is 62.5 Å². The summed E-state index contributed by atoms with van der Waals surface area (Å²) in [6, 6.07) is 0. The van der Waals surface area contributed by atoms with Crippen molar-refractivity contribution >= 4 is 11.9 Å². The zero-order valence-electron chi connectivity index (χ0n) is 34.3. The standard InChI is InChI=1S/C47H84O5/c1-3-5-7-9-11-13-15-17-19-21-22-23-24-26-28-30-32-34-36-38-40-42-47(50)52-44-45(48)43-51-46(49)41-39-37-35-33-31-29-27-25-20-18-16-14-12-10-8-6-4-2/h12,14,17-20,27,29,45,48H,3-11,13,15-16,21-26,28,30-44H2,1-2H3/b14-12-,19-17-,20-18-,29-27-/t45-/m0/s1. The molecule has 0 spiro atoms. The van der Waals surface area contributed by atoms with Crippen LogP contribution in [0.15, 0.2) is 48.6 Å². The van der Waals surface area contributed by atoms with Crippen LogP contribution in [0.5, 0.6) is 0 Å². The van der Waals surface area contributed by atoms with Crippen molar-refractivity contribution < 1.29 is 24.2 Å². The summed E-state index contributed by atoms with van der Waals surface area (Å²) in [7, 11) is 0. The molecular formula is C47H84O5. The van der Waals surface area contributed by atoms with Gasteiger partial charge in [0.15, 0.2) is 0 Å². The van der Waals surface area contributed by atoms with Crippen LogP contribution in [0.3, 0.4) is 0 Å². The van der Waals surface area contributed by atoms with Crippen molar-refractivity contribution in [3.8, 4) is 0 Å². The van der Waals surface area contributed by atoms with Crippen molar-refractivity contribution in [2.75, 3.05) is 13.2 Å². The van der Waals surface area contributed by atoms with Crippen molar-refractivity contribution in [2.24, 2.45) is 0 Å². The Kier molecular flexibility index (Phi) is 41.5. The van der Waals surface area contributed by atoms with E-state index in [1.807, 2.05) is 0 Å². The molecule has 1 N–H and O–H groups in total. The molecule has 0 amide bonds. The van der Waals surface area contributed by atoms with Crippen LogP contribution in [0.4, 0.5) is 0 Å². The molecule has 0 aliphatic heterocycles. The van der Waals surface area contributed by atoms with E-state index in [1.54, 1.807) is 0 Å². The fourth-order valence-corrected chi connectivity index (χ4v) is 6.15.